The zero-order chi connectivity index (χ0) is 22.3. The van der Waals surface area contributed by atoms with E-state index in [2.05, 4.69) is 98.4 Å². The van der Waals surface area contributed by atoms with E-state index in [1.54, 1.807) is 6.33 Å². The first-order chi connectivity index (χ1) is 15.4. The van der Waals surface area contributed by atoms with E-state index >= 15 is 0 Å². The van der Waals surface area contributed by atoms with Gasteiger partial charge in [0, 0.05) is 23.5 Å². The Hall–Kier alpha value is -3.14. The molecule has 0 amide bonds. The molecule has 2 aromatic carbocycles. The Balaban J connectivity index is 1.65. The van der Waals surface area contributed by atoms with Crippen molar-refractivity contribution in [1.82, 2.24) is 14.5 Å². The van der Waals surface area contributed by atoms with Crippen molar-refractivity contribution >= 4 is 16.9 Å². The Labute approximate surface area is 190 Å². The summed E-state index contributed by atoms with van der Waals surface area (Å²) in [6.07, 6.45) is 7.51. The minimum Gasteiger partial charge on any atom is -0.367 e. The second kappa shape index (κ2) is 8.09. The van der Waals surface area contributed by atoms with Crippen LogP contribution in [0.2, 0.25) is 0 Å². The zero-order valence-corrected chi connectivity index (χ0v) is 19.5. The molecule has 1 aliphatic rings. The van der Waals surface area contributed by atoms with Crippen molar-refractivity contribution in [2.24, 2.45) is 11.3 Å². The molecule has 0 spiro atoms. The number of aromatic nitrogens is 3. The molecule has 164 valence electrons. The topological polar surface area (TPSA) is 42.7 Å². The quantitative estimate of drug-likeness (QED) is 0.383. The molecule has 4 nitrogen and oxygen atoms in total. The first kappa shape index (κ1) is 20.7. The molecule has 5 rings (SSSR count). The number of nitrogens with one attached hydrogen (secondary N) is 1. The largest absolute Gasteiger partial charge is 0.367 e. The van der Waals surface area contributed by atoms with Crippen LogP contribution in [-0.4, -0.2) is 20.6 Å². The normalized spacial score (nSPS) is 20.4. The number of aryl methyl sites for hydroxylation is 1. The lowest BCUT2D eigenvalue weighted by Crippen LogP contribution is -2.35. The molecule has 0 saturated heterocycles. The van der Waals surface area contributed by atoms with E-state index < -0.39 is 0 Å². The first-order valence-electron chi connectivity index (χ1n) is 11.6. The number of nitrogens with zero attached hydrogens (tertiary/aromatic N) is 3. The van der Waals surface area contributed by atoms with Crippen LogP contribution in [0, 0.1) is 18.3 Å². The van der Waals surface area contributed by atoms with Crippen molar-refractivity contribution in [3.8, 4) is 16.8 Å². The van der Waals surface area contributed by atoms with Crippen molar-refractivity contribution in [3.05, 3.63) is 72.7 Å². The summed E-state index contributed by atoms with van der Waals surface area (Å²) in [4.78, 5) is 9.48. The van der Waals surface area contributed by atoms with Crippen LogP contribution in [0.1, 0.15) is 45.6 Å². The van der Waals surface area contributed by atoms with Gasteiger partial charge in [0.25, 0.3) is 0 Å². The maximum atomic E-state index is 4.75. The molecule has 2 aromatic heterocycles. The Bertz CT molecular complexity index is 1220. The molecule has 2 heterocycles. The molecule has 0 radical (unpaired) electrons. The van der Waals surface area contributed by atoms with Crippen LogP contribution in [0.3, 0.4) is 0 Å². The number of fused-ring (bicyclic) bond motifs is 1. The number of benzene rings is 2. The summed E-state index contributed by atoms with van der Waals surface area (Å²) >= 11 is 0. The minimum atomic E-state index is 0.345. The predicted octanol–water partition coefficient (Wildman–Crippen LogP) is 7.02. The summed E-state index contributed by atoms with van der Waals surface area (Å²) < 4.78 is 2.19. The fraction of sp³-hybridized carbons (Fsp3) is 0.357. The Morgan fingerprint density at radius 3 is 2.44 bits per heavy atom. The van der Waals surface area contributed by atoms with Crippen molar-refractivity contribution in [2.45, 2.75) is 53.0 Å². The molecule has 0 unspecified atom stereocenters. The highest BCUT2D eigenvalue weighted by Crippen LogP contribution is 2.41. The second-order valence-electron chi connectivity index (χ2n) is 10.3. The van der Waals surface area contributed by atoms with E-state index in [0.29, 0.717) is 17.4 Å². The SMILES string of the molecule is Cc1ccc(-n2cc(-c3ccccc3)c3c(N[C@@H]4C[C@@H](C)CC(C)(C)C4)ncnc32)cc1. The van der Waals surface area contributed by atoms with Gasteiger partial charge in [-0.1, -0.05) is 68.8 Å². The van der Waals surface area contributed by atoms with Gasteiger partial charge in [0.2, 0.25) is 0 Å². The van der Waals surface area contributed by atoms with Crippen LogP contribution >= 0.6 is 0 Å². The molecule has 1 aliphatic carbocycles. The molecular formula is C28H32N4. The highest BCUT2D eigenvalue weighted by molar-refractivity contribution is 6.02. The van der Waals surface area contributed by atoms with E-state index in [4.69, 9.17) is 9.97 Å². The molecule has 1 saturated carbocycles. The minimum absolute atomic E-state index is 0.345. The van der Waals surface area contributed by atoms with Gasteiger partial charge >= 0.3 is 0 Å². The lowest BCUT2D eigenvalue weighted by atomic mass is 9.70. The standard InChI is InChI=1S/C28H32N4/c1-19-10-12-23(13-11-19)32-17-24(21-8-6-5-7-9-21)25-26(29-18-30-27(25)32)31-22-14-20(2)15-28(3,4)16-22/h5-13,17-18,20,22H,14-16H2,1-4H3,(H,29,30,31)/t20-,22-/m1/s1. The van der Waals surface area contributed by atoms with Crippen molar-refractivity contribution in [2.75, 3.05) is 5.32 Å². The third-order valence-electron chi connectivity index (χ3n) is 6.71. The Morgan fingerprint density at radius 2 is 1.72 bits per heavy atom. The third kappa shape index (κ3) is 4.02. The lowest BCUT2D eigenvalue weighted by molar-refractivity contribution is 0.178. The Morgan fingerprint density at radius 1 is 0.969 bits per heavy atom. The summed E-state index contributed by atoms with van der Waals surface area (Å²) in [5.74, 6) is 1.65. The fourth-order valence-electron chi connectivity index (χ4n) is 5.56. The first-order valence-corrected chi connectivity index (χ1v) is 11.6. The van der Waals surface area contributed by atoms with Gasteiger partial charge in [-0.25, -0.2) is 9.97 Å². The molecule has 1 N–H and O–H groups in total. The van der Waals surface area contributed by atoms with Crippen LogP contribution in [0.15, 0.2) is 67.1 Å². The maximum absolute atomic E-state index is 4.75. The van der Waals surface area contributed by atoms with Crippen LogP contribution in [0.25, 0.3) is 27.8 Å². The second-order valence-corrected chi connectivity index (χ2v) is 10.3. The lowest BCUT2D eigenvalue weighted by Gasteiger charge is -2.39. The Kier molecular flexibility index (Phi) is 5.24. The van der Waals surface area contributed by atoms with Crippen LogP contribution in [-0.2, 0) is 0 Å². The van der Waals surface area contributed by atoms with E-state index in [1.165, 1.54) is 24.0 Å². The molecular weight excluding hydrogens is 392 g/mol. The highest BCUT2D eigenvalue weighted by atomic mass is 15.1. The summed E-state index contributed by atoms with van der Waals surface area (Å²) in [5.41, 5.74) is 5.98. The molecule has 2 atom stereocenters. The molecule has 4 heteroatoms. The van der Waals surface area contributed by atoms with Crippen molar-refractivity contribution in [1.29, 1.82) is 0 Å². The third-order valence-corrected chi connectivity index (χ3v) is 6.71. The van der Waals surface area contributed by atoms with Gasteiger partial charge in [0.05, 0.1) is 5.39 Å². The number of hydrogen-bond donors (Lipinski definition) is 1. The molecule has 1 fully saturated rings. The van der Waals surface area contributed by atoms with Crippen molar-refractivity contribution in [3.63, 3.8) is 0 Å². The van der Waals surface area contributed by atoms with Gasteiger partial charge in [-0.15, -0.1) is 0 Å². The molecule has 32 heavy (non-hydrogen) atoms. The predicted molar refractivity (Wildman–Crippen MR) is 133 cm³/mol. The van der Waals surface area contributed by atoms with Gasteiger partial charge in [0.1, 0.15) is 12.1 Å². The highest BCUT2D eigenvalue weighted by Gasteiger charge is 2.32. The van der Waals surface area contributed by atoms with Gasteiger partial charge < -0.3 is 9.88 Å². The van der Waals surface area contributed by atoms with Gasteiger partial charge in [-0.05, 0) is 55.2 Å². The molecule has 0 bridgehead atoms. The van der Waals surface area contributed by atoms with Crippen molar-refractivity contribution < 1.29 is 0 Å². The van der Waals surface area contributed by atoms with Gasteiger partial charge in [-0.3, -0.25) is 0 Å². The number of hydrogen-bond acceptors (Lipinski definition) is 3. The average molecular weight is 425 g/mol. The summed E-state index contributed by atoms with van der Waals surface area (Å²) in [5, 5.41) is 4.92. The van der Waals surface area contributed by atoms with Gasteiger partial charge in [-0.2, -0.15) is 0 Å². The van der Waals surface area contributed by atoms with E-state index in [9.17, 15) is 0 Å². The fourth-order valence-corrected chi connectivity index (χ4v) is 5.56. The summed E-state index contributed by atoms with van der Waals surface area (Å²) in [6, 6.07) is 19.6. The average Bonchev–Trinajstić information content (AvgIpc) is 3.14. The van der Waals surface area contributed by atoms with Gasteiger partial charge in [0.15, 0.2) is 5.65 Å². The zero-order valence-electron chi connectivity index (χ0n) is 19.5. The van der Waals surface area contributed by atoms with E-state index in [0.717, 1.165) is 34.5 Å². The van der Waals surface area contributed by atoms with Crippen LogP contribution < -0.4 is 5.32 Å². The summed E-state index contributed by atoms with van der Waals surface area (Å²) in [6.45, 7) is 9.25. The number of anilines is 1. The number of rotatable bonds is 4. The van der Waals surface area contributed by atoms with Crippen LogP contribution in [0.4, 0.5) is 5.82 Å². The monoisotopic (exact) mass is 424 g/mol. The van der Waals surface area contributed by atoms with Crippen LogP contribution in [0.5, 0.6) is 0 Å². The summed E-state index contributed by atoms with van der Waals surface area (Å²) in [7, 11) is 0. The maximum Gasteiger partial charge on any atom is 0.150 e. The van der Waals surface area contributed by atoms with E-state index in [-0.39, 0.29) is 0 Å². The molecule has 0 aliphatic heterocycles. The smallest absolute Gasteiger partial charge is 0.150 e. The molecule has 4 aromatic rings. The van der Waals surface area contributed by atoms with E-state index in [1.807, 2.05) is 0 Å².